The molecule has 0 amide bonds. The highest BCUT2D eigenvalue weighted by molar-refractivity contribution is 7.66. The van der Waals surface area contributed by atoms with Gasteiger partial charge >= 0.3 is 29.2 Å². The van der Waals surface area contributed by atoms with Gasteiger partial charge in [-0.3, -0.25) is 18.9 Å². The van der Waals surface area contributed by atoms with Crippen LogP contribution in [-0.2, 0) is 31.6 Å². The minimum atomic E-state index is -5.79. The zero-order valence-electron chi connectivity index (χ0n) is 14.8. The van der Waals surface area contributed by atoms with Crippen molar-refractivity contribution < 1.29 is 61.4 Å². The molecule has 0 bridgehead atoms. The van der Waals surface area contributed by atoms with E-state index < -0.39 is 65.4 Å². The van der Waals surface area contributed by atoms with Gasteiger partial charge in [-0.05, 0) is 0 Å². The van der Waals surface area contributed by atoms with E-state index in [9.17, 15) is 38.4 Å². The number of phosphoric acid groups is 3. The molecule has 1 saturated heterocycles. The molecule has 17 nitrogen and oxygen atoms in total. The van der Waals surface area contributed by atoms with Crippen molar-refractivity contribution in [3.05, 3.63) is 33.1 Å². The Morgan fingerprint density at radius 1 is 1.19 bits per heavy atom. The summed E-state index contributed by atoms with van der Waals surface area (Å²) in [6.07, 6.45) is 0.480. The number of phosphoric ester groups is 1. The van der Waals surface area contributed by atoms with Gasteiger partial charge in [0, 0.05) is 12.3 Å². The van der Waals surface area contributed by atoms with Crippen LogP contribution in [-0.4, -0.2) is 63.8 Å². The fraction of sp³-hybridized carbons (Fsp3) is 0.455. The van der Waals surface area contributed by atoms with E-state index in [1.54, 1.807) is 5.92 Å². The Morgan fingerprint density at radius 3 is 2.32 bits per heavy atom. The van der Waals surface area contributed by atoms with Gasteiger partial charge in [-0.1, -0.05) is 5.92 Å². The topological polar surface area (TPSA) is 264 Å². The van der Waals surface area contributed by atoms with E-state index >= 15 is 0 Å². The molecule has 0 radical (unpaired) electrons. The molecule has 1 aliphatic rings. The first-order valence-corrected chi connectivity index (χ1v) is 12.2. The molecule has 174 valence electrons. The van der Waals surface area contributed by atoms with Crippen LogP contribution >= 0.6 is 23.5 Å². The average molecular weight is 508 g/mol. The molecule has 1 aromatic heterocycles. The molecular formula is C11H15N2O15P3. The molecule has 0 aliphatic carbocycles. The minimum absolute atomic E-state index is 0.638. The molecule has 2 unspecified atom stereocenters. The van der Waals surface area contributed by atoms with Gasteiger partial charge in [-0.2, -0.15) is 8.62 Å². The summed E-state index contributed by atoms with van der Waals surface area (Å²) in [5, 5.41) is 20.8. The molecule has 1 aromatic rings. The number of nitrogens with one attached hydrogen (secondary N) is 1. The van der Waals surface area contributed by atoms with Crippen molar-refractivity contribution in [2.24, 2.45) is 0 Å². The molecule has 2 rings (SSSR count). The van der Waals surface area contributed by atoms with E-state index in [4.69, 9.17) is 25.8 Å². The monoisotopic (exact) mass is 508 g/mol. The van der Waals surface area contributed by atoms with Gasteiger partial charge in [0.05, 0.1) is 6.61 Å². The second kappa shape index (κ2) is 8.81. The summed E-state index contributed by atoms with van der Waals surface area (Å²) in [6, 6.07) is 0.881. The summed E-state index contributed by atoms with van der Waals surface area (Å²) in [5.74, 6) is 1.76. The predicted octanol–water partition coefficient (Wildman–Crippen LogP) is -2.50. The van der Waals surface area contributed by atoms with E-state index in [1.807, 2.05) is 4.98 Å². The maximum atomic E-state index is 11.9. The number of ether oxygens (including phenoxy) is 1. The molecule has 31 heavy (non-hydrogen) atoms. The normalized spacial score (nSPS) is 30.3. The van der Waals surface area contributed by atoms with E-state index in [0.717, 1.165) is 12.3 Å². The van der Waals surface area contributed by atoms with Gasteiger partial charge in [-0.25, -0.2) is 18.5 Å². The lowest BCUT2D eigenvalue weighted by atomic mass is 9.93. The first kappa shape index (κ1) is 25.8. The lowest BCUT2D eigenvalue weighted by Gasteiger charge is -2.25. The third-order valence-electron chi connectivity index (χ3n) is 3.68. The summed E-state index contributed by atoms with van der Waals surface area (Å²) >= 11 is 0. The van der Waals surface area contributed by atoms with Crippen LogP contribution in [0.3, 0.4) is 0 Å². The number of aliphatic hydroxyl groups is 2. The first-order valence-electron chi connectivity index (χ1n) is 7.63. The number of aromatic amines is 1. The molecular weight excluding hydrogens is 493 g/mol. The number of hydrogen-bond donors (Lipinski definition) is 7. The van der Waals surface area contributed by atoms with Gasteiger partial charge in [0.2, 0.25) is 0 Å². The van der Waals surface area contributed by atoms with Crippen LogP contribution in [0.1, 0.15) is 6.23 Å². The van der Waals surface area contributed by atoms with Crippen molar-refractivity contribution in [2.75, 3.05) is 6.61 Å². The highest BCUT2D eigenvalue weighted by Crippen LogP contribution is 2.66. The number of rotatable bonds is 8. The van der Waals surface area contributed by atoms with Crippen molar-refractivity contribution in [3.8, 4) is 12.3 Å². The molecule has 1 fully saturated rings. The third kappa shape index (κ3) is 6.28. The van der Waals surface area contributed by atoms with Gasteiger partial charge in [0.15, 0.2) is 11.8 Å². The maximum absolute atomic E-state index is 11.9. The van der Waals surface area contributed by atoms with Crippen LogP contribution in [0.2, 0.25) is 0 Å². The Bertz CT molecular complexity index is 1130. The Kier molecular flexibility index (Phi) is 7.33. The Balaban J connectivity index is 2.20. The molecule has 20 heteroatoms. The van der Waals surface area contributed by atoms with Crippen LogP contribution in [0.15, 0.2) is 21.9 Å². The zero-order valence-corrected chi connectivity index (χ0v) is 17.5. The maximum Gasteiger partial charge on any atom is 0.490 e. The van der Waals surface area contributed by atoms with Crippen LogP contribution in [0, 0.1) is 12.3 Å². The Labute approximate surface area is 171 Å². The highest BCUT2D eigenvalue weighted by atomic mass is 31.3. The molecule has 6 atom stereocenters. The number of aromatic nitrogens is 2. The number of terminal acetylenes is 1. The highest BCUT2D eigenvalue weighted by Gasteiger charge is 2.56. The standard InChI is InChI=1S/C11H15N2O15P3/c1-2-11(17)6(5-25-30(21,22)28-31(23,24)27-29(18,19)20)26-9(8(11)15)13-4-3-7(14)12-10(13)16/h1,3-4,6,8-9,15,17H,5H2,(H,21,22)(H,23,24)(H,12,14,16)(H2,18,19,20)/t6-,8+,9-,11-/m1/s1. The number of hydrogen-bond acceptors (Lipinski definition) is 11. The SMILES string of the molecule is C#C[C@@]1(O)[C@@H](COP(=O)(O)OP(=O)(O)OP(=O)(O)O)O[C@@H](n2ccc(=O)[nH]c2=O)[C@@H]1O. The quantitative estimate of drug-likeness (QED) is 0.141. The number of aliphatic hydroxyl groups excluding tert-OH is 1. The van der Waals surface area contributed by atoms with Crippen molar-refractivity contribution in [1.82, 2.24) is 9.55 Å². The van der Waals surface area contributed by atoms with E-state index in [1.165, 1.54) is 0 Å². The van der Waals surface area contributed by atoms with E-state index in [-0.39, 0.29) is 0 Å². The van der Waals surface area contributed by atoms with Crippen LogP contribution in [0.5, 0.6) is 0 Å². The van der Waals surface area contributed by atoms with Gasteiger partial charge in [0.25, 0.3) is 5.56 Å². The molecule has 0 spiro atoms. The average Bonchev–Trinajstić information content (AvgIpc) is 2.82. The molecule has 2 heterocycles. The van der Waals surface area contributed by atoms with Crippen molar-refractivity contribution in [2.45, 2.75) is 24.0 Å². The predicted molar refractivity (Wildman–Crippen MR) is 94.8 cm³/mol. The van der Waals surface area contributed by atoms with Crippen LogP contribution in [0.4, 0.5) is 0 Å². The fourth-order valence-corrected chi connectivity index (χ4v) is 5.43. The second-order valence-corrected chi connectivity index (χ2v) is 10.3. The van der Waals surface area contributed by atoms with Crippen LogP contribution in [0.25, 0.3) is 0 Å². The summed E-state index contributed by atoms with van der Waals surface area (Å²) < 4.78 is 50.9. The first-order chi connectivity index (χ1) is 14.0. The summed E-state index contributed by atoms with van der Waals surface area (Å²) in [6.45, 7) is -1.20. The van der Waals surface area contributed by atoms with Gasteiger partial charge in [-0.15, -0.1) is 6.42 Å². The minimum Gasteiger partial charge on any atom is -0.384 e. The smallest absolute Gasteiger partial charge is 0.384 e. The fourth-order valence-electron chi connectivity index (χ4n) is 2.41. The Morgan fingerprint density at radius 2 is 1.81 bits per heavy atom. The lowest BCUT2D eigenvalue weighted by Crippen LogP contribution is -2.48. The van der Waals surface area contributed by atoms with Crippen LogP contribution < -0.4 is 11.2 Å². The number of nitrogens with zero attached hydrogens (tertiary/aromatic N) is 1. The zero-order chi connectivity index (χ0) is 23.8. The van der Waals surface area contributed by atoms with Gasteiger partial charge in [0.1, 0.15) is 12.2 Å². The van der Waals surface area contributed by atoms with E-state index in [2.05, 4.69) is 13.1 Å². The third-order valence-corrected chi connectivity index (χ3v) is 7.48. The van der Waals surface area contributed by atoms with Gasteiger partial charge < -0.3 is 34.5 Å². The molecule has 0 saturated carbocycles. The largest absolute Gasteiger partial charge is 0.490 e. The van der Waals surface area contributed by atoms with Crippen molar-refractivity contribution >= 4 is 23.5 Å². The van der Waals surface area contributed by atoms with E-state index in [0.29, 0.717) is 4.57 Å². The second-order valence-electron chi connectivity index (χ2n) is 5.83. The van der Waals surface area contributed by atoms with Crippen molar-refractivity contribution in [1.29, 1.82) is 0 Å². The molecule has 7 N–H and O–H groups in total. The van der Waals surface area contributed by atoms with Crippen molar-refractivity contribution in [3.63, 3.8) is 0 Å². The lowest BCUT2D eigenvalue weighted by molar-refractivity contribution is -0.0611. The molecule has 0 aromatic carbocycles. The summed E-state index contributed by atoms with van der Waals surface area (Å²) in [5.41, 5.74) is -4.49. The Hall–Kier alpha value is -1.47. The number of H-pyrrole nitrogens is 1. The molecule has 1 aliphatic heterocycles. The summed E-state index contributed by atoms with van der Waals surface area (Å²) in [4.78, 5) is 60.4. The summed E-state index contributed by atoms with van der Waals surface area (Å²) in [7, 11) is -17.0.